The van der Waals surface area contributed by atoms with Crippen molar-refractivity contribution in [2.24, 2.45) is 0 Å². The van der Waals surface area contributed by atoms with Gasteiger partial charge < -0.3 is 9.47 Å². The van der Waals surface area contributed by atoms with Gasteiger partial charge in [-0.25, -0.2) is 9.37 Å². The van der Waals surface area contributed by atoms with Gasteiger partial charge in [0.25, 0.3) is 5.91 Å². The summed E-state index contributed by atoms with van der Waals surface area (Å²) in [5.41, 5.74) is 0.856. The molecule has 0 atom stereocenters. The summed E-state index contributed by atoms with van der Waals surface area (Å²) in [5.74, 6) is 0.200. The van der Waals surface area contributed by atoms with Gasteiger partial charge >= 0.3 is 0 Å². The summed E-state index contributed by atoms with van der Waals surface area (Å²) in [5, 5.41) is 0.515. The number of fused-ring (bicyclic) bond motifs is 1. The molecule has 31 heavy (non-hydrogen) atoms. The average Bonchev–Trinajstić information content (AvgIpc) is 3.23. The predicted molar refractivity (Wildman–Crippen MR) is 121 cm³/mol. The summed E-state index contributed by atoms with van der Waals surface area (Å²) in [6.07, 6.45) is 0.793. The first-order valence-corrected chi connectivity index (χ1v) is 11.4. The Morgan fingerprint density at radius 3 is 2.71 bits per heavy atom. The molecule has 8 heteroatoms. The highest BCUT2D eigenvalue weighted by atomic mass is 32.1. The minimum atomic E-state index is -0.373. The van der Waals surface area contributed by atoms with Crippen LogP contribution in [-0.2, 0) is 4.74 Å². The number of hydrogen-bond acceptors (Lipinski definition) is 6. The van der Waals surface area contributed by atoms with Crippen molar-refractivity contribution in [3.05, 3.63) is 53.8 Å². The summed E-state index contributed by atoms with van der Waals surface area (Å²) in [6.45, 7) is 7.15. The molecule has 4 rings (SSSR count). The second-order valence-corrected chi connectivity index (χ2v) is 8.31. The number of ether oxygens (including phenoxy) is 2. The van der Waals surface area contributed by atoms with E-state index in [9.17, 15) is 9.18 Å². The first-order valence-electron chi connectivity index (χ1n) is 10.6. The van der Waals surface area contributed by atoms with Gasteiger partial charge in [-0.05, 0) is 49.7 Å². The van der Waals surface area contributed by atoms with E-state index in [1.807, 2.05) is 13.0 Å². The number of carbonyl (C=O) groups excluding carboxylic acids is 1. The number of rotatable bonds is 8. The molecule has 6 nitrogen and oxygen atoms in total. The van der Waals surface area contributed by atoms with Gasteiger partial charge in [-0.15, -0.1) is 0 Å². The Labute approximate surface area is 185 Å². The fourth-order valence-electron chi connectivity index (χ4n) is 3.60. The highest BCUT2D eigenvalue weighted by Gasteiger charge is 2.22. The Bertz CT molecular complexity index is 1020. The molecule has 164 valence electrons. The minimum absolute atomic E-state index is 0.149. The Morgan fingerprint density at radius 2 is 2.00 bits per heavy atom. The molecule has 2 aromatic carbocycles. The van der Waals surface area contributed by atoms with Gasteiger partial charge in [0, 0.05) is 31.7 Å². The molecule has 0 radical (unpaired) electrons. The van der Waals surface area contributed by atoms with Gasteiger partial charge in [0.2, 0.25) is 0 Å². The monoisotopic (exact) mass is 443 g/mol. The SMILES string of the molecule is CCOc1ccc(C(=O)N(CCCN2CCOCC2)c2nc3c(F)cccc3s2)cc1. The lowest BCUT2D eigenvalue weighted by atomic mass is 10.2. The first-order chi connectivity index (χ1) is 15.2. The third-order valence-electron chi connectivity index (χ3n) is 5.21. The smallest absolute Gasteiger partial charge is 0.260 e. The lowest BCUT2D eigenvalue weighted by Crippen LogP contribution is -2.39. The number of morpholine rings is 1. The van der Waals surface area contributed by atoms with Gasteiger partial charge in [-0.3, -0.25) is 14.6 Å². The molecule has 1 aromatic heterocycles. The van der Waals surface area contributed by atoms with Crippen LogP contribution in [0.25, 0.3) is 10.2 Å². The lowest BCUT2D eigenvalue weighted by molar-refractivity contribution is 0.0376. The van der Waals surface area contributed by atoms with Gasteiger partial charge in [0.05, 0.1) is 24.5 Å². The number of halogens is 1. The summed E-state index contributed by atoms with van der Waals surface area (Å²) >= 11 is 1.34. The molecule has 3 aromatic rings. The van der Waals surface area contributed by atoms with Crippen molar-refractivity contribution in [2.75, 3.05) is 50.9 Å². The zero-order chi connectivity index (χ0) is 21.6. The average molecular weight is 444 g/mol. The summed E-state index contributed by atoms with van der Waals surface area (Å²) in [4.78, 5) is 21.8. The van der Waals surface area contributed by atoms with Crippen molar-refractivity contribution in [3.8, 4) is 5.75 Å². The highest BCUT2D eigenvalue weighted by molar-refractivity contribution is 7.22. The molecule has 0 saturated carbocycles. The number of nitrogens with zero attached hydrogens (tertiary/aromatic N) is 3. The molecule has 0 unspecified atom stereocenters. The largest absolute Gasteiger partial charge is 0.494 e. The first kappa shape index (κ1) is 21.7. The maximum Gasteiger partial charge on any atom is 0.260 e. The van der Waals surface area contributed by atoms with Crippen LogP contribution in [0, 0.1) is 5.82 Å². The number of para-hydroxylation sites is 1. The van der Waals surface area contributed by atoms with Crippen molar-refractivity contribution in [2.45, 2.75) is 13.3 Å². The van der Waals surface area contributed by atoms with Gasteiger partial charge in [0.15, 0.2) is 5.13 Å². The van der Waals surface area contributed by atoms with Crippen LogP contribution in [0.3, 0.4) is 0 Å². The topological polar surface area (TPSA) is 54.9 Å². The van der Waals surface area contributed by atoms with E-state index >= 15 is 0 Å². The van der Waals surface area contributed by atoms with E-state index in [4.69, 9.17) is 9.47 Å². The van der Waals surface area contributed by atoms with E-state index in [2.05, 4.69) is 9.88 Å². The van der Waals surface area contributed by atoms with E-state index in [0.717, 1.165) is 49.7 Å². The fraction of sp³-hybridized carbons (Fsp3) is 0.391. The third-order valence-corrected chi connectivity index (χ3v) is 6.25. The van der Waals surface area contributed by atoms with Crippen molar-refractivity contribution in [1.29, 1.82) is 0 Å². The zero-order valence-corrected chi connectivity index (χ0v) is 18.4. The number of hydrogen-bond donors (Lipinski definition) is 0. The summed E-state index contributed by atoms with van der Waals surface area (Å²) < 4.78 is 25.8. The number of amides is 1. The number of carbonyl (C=O) groups is 1. The standard InChI is InChI=1S/C23H26FN3O3S/c1-2-30-18-9-7-17(8-10-18)22(28)27(12-4-11-26-13-15-29-16-14-26)23-25-21-19(24)5-3-6-20(21)31-23/h3,5-10H,2,4,11-16H2,1H3. The van der Waals surface area contributed by atoms with Crippen LogP contribution < -0.4 is 9.64 Å². The van der Waals surface area contributed by atoms with Crippen LogP contribution in [-0.4, -0.2) is 61.8 Å². The van der Waals surface area contributed by atoms with Crippen molar-refractivity contribution in [3.63, 3.8) is 0 Å². The number of thiazole rings is 1. The summed E-state index contributed by atoms with van der Waals surface area (Å²) in [7, 11) is 0. The Kier molecular flexibility index (Phi) is 7.11. The number of aromatic nitrogens is 1. The van der Waals surface area contributed by atoms with E-state index in [-0.39, 0.29) is 11.7 Å². The van der Waals surface area contributed by atoms with Crippen LogP contribution in [0.2, 0.25) is 0 Å². The molecule has 0 bridgehead atoms. The molecular formula is C23H26FN3O3S. The molecule has 0 aliphatic carbocycles. The lowest BCUT2D eigenvalue weighted by Gasteiger charge is -2.27. The zero-order valence-electron chi connectivity index (χ0n) is 17.6. The van der Waals surface area contributed by atoms with E-state index in [1.165, 1.54) is 17.4 Å². The van der Waals surface area contributed by atoms with Gasteiger partial charge in [-0.2, -0.15) is 0 Å². The van der Waals surface area contributed by atoms with E-state index in [0.29, 0.717) is 29.4 Å². The van der Waals surface area contributed by atoms with Crippen molar-refractivity contribution in [1.82, 2.24) is 9.88 Å². The molecule has 0 spiro atoms. The third kappa shape index (κ3) is 5.20. The van der Waals surface area contributed by atoms with Crippen LogP contribution in [0.5, 0.6) is 5.75 Å². The molecule has 1 aliphatic rings. The minimum Gasteiger partial charge on any atom is -0.494 e. The molecule has 1 saturated heterocycles. The molecule has 0 N–H and O–H groups in total. The maximum absolute atomic E-state index is 14.2. The molecule has 1 fully saturated rings. The van der Waals surface area contributed by atoms with E-state index in [1.54, 1.807) is 35.2 Å². The van der Waals surface area contributed by atoms with Crippen LogP contribution in [0.4, 0.5) is 9.52 Å². The van der Waals surface area contributed by atoms with Crippen molar-refractivity contribution >= 4 is 32.6 Å². The van der Waals surface area contributed by atoms with Gasteiger partial charge in [-0.1, -0.05) is 17.4 Å². The predicted octanol–water partition coefficient (Wildman–Crippen LogP) is 4.20. The molecule has 1 amide bonds. The van der Waals surface area contributed by atoms with Crippen LogP contribution in [0.1, 0.15) is 23.7 Å². The van der Waals surface area contributed by atoms with E-state index < -0.39 is 0 Å². The second kappa shape index (κ2) is 10.2. The fourth-order valence-corrected chi connectivity index (χ4v) is 4.60. The summed E-state index contributed by atoms with van der Waals surface area (Å²) in [6, 6.07) is 12.0. The van der Waals surface area contributed by atoms with Gasteiger partial charge in [0.1, 0.15) is 17.1 Å². The molecule has 1 aliphatic heterocycles. The Hall–Kier alpha value is -2.55. The molecule has 2 heterocycles. The van der Waals surface area contributed by atoms with Crippen molar-refractivity contribution < 1.29 is 18.7 Å². The Morgan fingerprint density at radius 1 is 1.23 bits per heavy atom. The quantitative estimate of drug-likeness (QED) is 0.522. The number of anilines is 1. The molecular weight excluding hydrogens is 417 g/mol. The normalized spacial score (nSPS) is 14.6. The number of benzene rings is 2. The second-order valence-electron chi connectivity index (χ2n) is 7.30. The Balaban J connectivity index is 1.56. The van der Waals surface area contributed by atoms with Crippen LogP contribution >= 0.6 is 11.3 Å². The highest BCUT2D eigenvalue weighted by Crippen LogP contribution is 2.31. The van der Waals surface area contributed by atoms with Crippen LogP contribution in [0.15, 0.2) is 42.5 Å². The maximum atomic E-state index is 14.2.